The molecule has 0 aromatic heterocycles. The first kappa shape index (κ1) is 20.5. The number of aliphatic hydroxyl groups excluding tert-OH is 1. The van der Waals surface area contributed by atoms with Gasteiger partial charge in [-0.05, 0) is 43.0 Å². The van der Waals surface area contributed by atoms with E-state index in [-0.39, 0.29) is 11.9 Å². The van der Waals surface area contributed by atoms with Gasteiger partial charge < -0.3 is 21.1 Å². The molecule has 1 heterocycles. The van der Waals surface area contributed by atoms with E-state index < -0.39 is 6.10 Å². The molecule has 0 saturated carbocycles. The first-order valence-corrected chi connectivity index (χ1v) is 10.1. The van der Waals surface area contributed by atoms with Crippen LogP contribution in [0.1, 0.15) is 42.5 Å². The second kappa shape index (κ2) is 10.4. The van der Waals surface area contributed by atoms with Crippen molar-refractivity contribution < 1.29 is 9.90 Å². The molecule has 2 aromatic carbocycles. The number of likely N-dealkylation sites (tertiary alicyclic amines) is 1. The second-order valence-corrected chi connectivity index (χ2v) is 7.70. The highest BCUT2D eigenvalue weighted by atomic mass is 16.3. The van der Waals surface area contributed by atoms with Crippen molar-refractivity contribution in [3.8, 4) is 0 Å². The molecule has 3 rings (SSSR count). The maximum Gasteiger partial charge on any atom is 0.221 e. The van der Waals surface area contributed by atoms with E-state index >= 15 is 0 Å². The maximum absolute atomic E-state index is 12.2. The zero-order valence-corrected chi connectivity index (χ0v) is 16.3. The van der Waals surface area contributed by atoms with Crippen molar-refractivity contribution in [3.63, 3.8) is 0 Å². The number of nitrogens with zero attached hydrogens (tertiary/aromatic N) is 1. The highest BCUT2D eigenvalue weighted by Crippen LogP contribution is 2.20. The van der Waals surface area contributed by atoms with Crippen LogP contribution in [0.25, 0.3) is 0 Å². The van der Waals surface area contributed by atoms with Crippen LogP contribution in [-0.2, 0) is 4.79 Å². The lowest BCUT2D eigenvalue weighted by molar-refractivity contribution is -0.121. The Kier molecular flexibility index (Phi) is 7.60. The minimum atomic E-state index is -0.447. The minimum Gasteiger partial charge on any atom is -0.387 e. The van der Waals surface area contributed by atoms with E-state index in [2.05, 4.69) is 10.2 Å². The summed E-state index contributed by atoms with van der Waals surface area (Å²) in [5.41, 5.74) is 8.08. The van der Waals surface area contributed by atoms with Gasteiger partial charge in [-0.2, -0.15) is 0 Å². The van der Waals surface area contributed by atoms with Crippen molar-refractivity contribution in [2.45, 2.75) is 31.4 Å². The molecular weight excluding hydrogens is 350 g/mol. The molecule has 28 heavy (non-hydrogen) atoms. The van der Waals surface area contributed by atoms with E-state index in [1.807, 2.05) is 60.7 Å². The van der Waals surface area contributed by atoms with Crippen molar-refractivity contribution in [2.24, 2.45) is 11.7 Å². The van der Waals surface area contributed by atoms with Gasteiger partial charge in [0.05, 0.1) is 6.10 Å². The summed E-state index contributed by atoms with van der Waals surface area (Å²) in [4.78, 5) is 14.5. The Bertz CT molecular complexity index is 715. The van der Waals surface area contributed by atoms with E-state index in [4.69, 9.17) is 5.73 Å². The molecule has 0 aliphatic carbocycles. The molecule has 4 N–H and O–H groups in total. The van der Waals surface area contributed by atoms with Crippen LogP contribution in [0.4, 0.5) is 0 Å². The molecule has 1 amide bonds. The smallest absolute Gasteiger partial charge is 0.221 e. The number of nitrogens with one attached hydrogen (secondary N) is 1. The summed E-state index contributed by atoms with van der Waals surface area (Å²) >= 11 is 0. The van der Waals surface area contributed by atoms with Gasteiger partial charge in [-0.3, -0.25) is 4.79 Å². The van der Waals surface area contributed by atoms with Gasteiger partial charge in [-0.15, -0.1) is 0 Å². The monoisotopic (exact) mass is 381 g/mol. The number of hydrogen-bond donors (Lipinski definition) is 3. The lowest BCUT2D eigenvalue weighted by Crippen LogP contribution is -2.40. The van der Waals surface area contributed by atoms with Crippen molar-refractivity contribution in [2.75, 3.05) is 26.2 Å². The Hall–Kier alpha value is -2.21. The molecule has 1 saturated heterocycles. The summed E-state index contributed by atoms with van der Waals surface area (Å²) in [6, 6.07) is 19.3. The van der Waals surface area contributed by atoms with E-state index in [0.29, 0.717) is 25.4 Å². The number of β-amino-alcohol motifs (C(OH)–C–C–N with tert-alkyl or cyclic N) is 1. The van der Waals surface area contributed by atoms with Gasteiger partial charge in [0, 0.05) is 25.6 Å². The number of rotatable bonds is 8. The summed E-state index contributed by atoms with van der Waals surface area (Å²) < 4.78 is 0. The third-order valence-electron chi connectivity index (χ3n) is 5.54. The number of piperidine rings is 1. The lowest BCUT2D eigenvalue weighted by Gasteiger charge is -2.33. The Morgan fingerprint density at radius 2 is 1.61 bits per heavy atom. The van der Waals surface area contributed by atoms with Crippen LogP contribution < -0.4 is 11.1 Å². The van der Waals surface area contributed by atoms with E-state index in [1.165, 1.54) is 0 Å². The number of amides is 1. The van der Waals surface area contributed by atoms with Gasteiger partial charge in [0.25, 0.3) is 0 Å². The molecule has 2 aromatic rings. The van der Waals surface area contributed by atoms with Crippen molar-refractivity contribution >= 4 is 5.91 Å². The molecule has 1 aliphatic rings. The first-order valence-electron chi connectivity index (χ1n) is 10.1. The molecule has 5 heteroatoms. The van der Waals surface area contributed by atoms with E-state index in [0.717, 1.165) is 37.1 Å². The lowest BCUT2D eigenvalue weighted by atomic mass is 9.96. The van der Waals surface area contributed by atoms with Gasteiger partial charge in [-0.25, -0.2) is 0 Å². The molecule has 2 unspecified atom stereocenters. The standard InChI is InChI=1S/C23H31N3O2/c24-21(19-7-3-1-4-8-19)15-23(28)25-16-18-11-13-26(14-12-18)17-22(27)20-9-5-2-6-10-20/h1-10,18,21-22,27H,11-17,24H2,(H,25,28). The van der Waals surface area contributed by atoms with Gasteiger partial charge >= 0.3 is 0 Å². The molecule has 0 bridgehead atoms. The van der Waals surface area contributed by atoms with Crippen LogP contribution in [0.2, 0.25) is 0 Å². The molecule has 2 atom stereocenters. The number of carbonyl (C=O) groups is 1. The van der Waals surface area contributed by atoms with Gasteiger partial charge in [-0.1, -0.05) is 60.7 Å². The summed E-state index contributed by atoms with van der Waals surface area (Å²) in [6.45, 7) is 3.27. The molecule has 150 valence electrons. The van der Waals surface area contributed by atoms with Crippen molar-refractivity contribution in [1.82, 2.24) is 10.2 Å². The molecule has 1 fully saturated rings. The third-order valence-corrected chi connectivity index (χ3v) is 5.54. The summed E-state index contributed by atoms with van der Waals surface area (Å²) in [6.07, 6.45) is 1.93. The number of aliphatic hydroxyl groups is 1. The summed E-state index contributed by atoms with van der Waals surface area (Å²) in [5, 5.41) is 13.4. The van der Waals surface area contributed by atoms with Gasteiger partial charge in [0.1, 0.15) is 0 Å². The van der Waals surface area contributed by atoms with Crippen LogP contribution in [0, 0.1) is 5.92 Å². The van der Waals surface area contributed by atoms with Crippen LogP contribution in [0.15, 0.2) is 60.7 Å². The topological polar surface area (TPSA) is 78.6 Å². The zero-order chi connectivity index (χ0) is 19.8. The quantitative estimate of drug-likeness (QED) is 0.657. The fourth-order valence-corrected chi connectivity index (χ4v) is 3.75. The van der Waals surface area contributed by atoms with Crippen molar-refractivity contribution in [3.05, 3.63) is 71.8 Å². The van der Waals surface area contributed by atoms with E-state index in [9.17, 15) is 9.90 Å². The molecule has 0 spiro atoms. The third kappa shape index (κ3) is 6.16. The Morgan fingerprint density at radius 1 is 1.04 bits per heavy atom. The fraction of sp³-hybridized carbons (Fsp3) is 0.435. The Balaban J connectivity index is 1.34. The van der Waals surface area contributed by atoms with Crippen LogP contribution >= 0.6 is 0 Å². The average molecular weight is 382 g/mol. The van der Waals surface area contributed by atoms with Crippen LogP contribution in [0.5, 0.6) is 0 Å². The van der Waals surface area contributed by atoms with Gasteiger partial charge in [0.15, 0.2) is 0 Å². The van der Waals surface area contributed by atoms with Crippen LogP contribution in [0.3, 0.4) is 0 Å². The maximum atomic E-state index is 12.2. The Labute approximate surface area is 167 Å². The summed E-state index contributed by atoms with van der Waals surface area (Å²) in [5.74, 6) is 0.500. The zero-order valence-electron chi connectivity index (χ0n) is 16.3. The number of carbonyl (C=O) groups excluding carboxylic acids is 1. The normalized spacial score (nSPS) is 17.8. The Morgan fingerprint density at radius 3 is 2.21 bits per heavy atom. The van der Waals surface area contributed by atoms with Gasteiger partial charge in [0.2, 0.25) is 5.91 Å². The highest BCUT2D eigenvalue weighted by molar-refractivity contribution is 5.76. The molecule has 5 nitrogen and oxygen atoms in total. The molecule has 0 radical (unpaired) electrons. The minimum absolute atomic E-state index is 0.0123. The second-order valence-electron chi connectivity index (χ2n) is 7.70. The SMILES string of the molecule is NC(CC(=O)NCC1CCN(CC(O)c2ccccc2)CC1)c1ccccc1. The number of nitrogens with two attached hydrogens (primary N) is 1. The highest BCUT2D eigenvalue weighted by Gasteiger charge is 2.22. The van der Waals surface area contributed by atoms with Crippen LogP contribution in [-0.4, -0.2) is 42.1 Å². The van der Waals surface area contributed by atoms with E-state index in [1.54, 1.807) is 0 Å². The molecular formula is C23H31N3O2. The predicted molar refractivity (Wildman–Crippen MR) is 112 cm³/mol. The van der Waals surface area contributed by atoms with Crippen molar-refractivity contribution in [1.29, 1.82) is 0 Å². The fourth-order valence-electron chi connectivity index (χ4n) is 3.75. The first-order chi connectivity index (χ1) is 13.6. The largest absolute Gasteiger partial charge is 0.387 e. The number of benzene rings is 2. The predicted octanol–water partition coefficient (Wildman–Crippen LogP) is 2.64. The average Bonchev–Trinajstić information content (AvgIpc) is 2.74. The molecule has 1 aliphatic heterocycles. The number of hydrogen-bond acceptors (Lipinski definition) is 4. The summed E-state index contributed by atoms with van der Waals surface area (Å²) in [7, 11) is 0.